The third-order valence-corrected chi connectivity index (χ3v) is 5.63. The number of halogens is 2. The first-order valence-electron chi connectivity index (χ1n) is 7.17. The van der Waals surface area contributed by atoms with Crippen LogP contribution >= 0.6 is 11.3 Å². The van der Waals surface area contributed by atoms with Gasteiger partial charge in [0.15, 0.2) is 14.8 Å². The van der Waals surface area contributed by atoms with Crippen LogP contribution in [0.4, 0.5) is 8.78 Å². The second-order valence-electron chi connectivity index (χ2n) is 5.80. The Morgan fingerprint density at radius 1 is 1.44 bits per heavy atom. The van der Waals surface area contributed by atoms with E-state index in [1.807, 2.05) is 0 Å². The van der Waals surface area contributed by atoms with Crippen molar-refractivity contribution in [1.29, 1.82) is 0 Å². The number of carbonyl (C=O) groups excluding carboxylic acids is 2. The molecule has 25 heavy (non-hydrogen) atoms. The number of amides is 2. The minimum atomic E-state index is -3.47. The summed E-state index contributed by atoms with van der Waals surface area (Å²) < 4.78 is 49.3. The Balaban J connectivity index is 1.71. The summed E-state index contributed by atoms with van der Waals surface area (Å²) in [6.45, 7) is 0.847. The molecule has 1 N–H and O–H groups in total. The van der Waals surface area contributed by atoms with Crippen molar-refractivity contribution >= 4 is 33.0 Å². The van der Waals surface area contributed by atoms with Crippen LogP contribution in [0, 0.1) is 0 Å². The van der Waals surface area contributed by atoms with Gasteiger partial charge >= 0.3 is 0 Å². The lowest BCUT2D eigenvalue weighted by Crippen LogP contribution is -2.35. The number of hydrogen-bond donors (Lipinski definition) is 1. The number of sulfone groups is 1. The van der Waals surface area contributed by atoms with Crippen molar-refractivity contribution in [2.24, 2.45) is 0 Å². The van der Waals surface area contributed by atoms with Crippen LogP contribution in [-0.2, 0) is 9.84 Å². The fourth-order valence-corrected chi connectivity index (χ4v) is 4.18. The Labute approximate surface area is 146 Å². The fourth-order valence-electron chi connectivity index (χ4n) is 2.59. The molecule has 3 rings (SSSR count). The van der Waals surface area contributed by atoms with E-state index in [0.29, 0.717) is 0 Å². The molecule has 0 aromatic carbocycles. The van der Waals surface area contributed by atoms with Crippen molar-refractivity contribution in [1.82, 2.24) is 15.2 Å². The molecule has 11 heteroatoms. The van der Waals surface area contributed by atoms with Crippen LogP contribution in [-0.4, -0.2) is 48.6 Å². The number of hydrogen-bond acceptors (Lipinski definition) is 6. The molecule has 0 saturated carbocycles. The summed E-state index contributed by atoms with van der Waals surface area (Å²) in [5.74, 6) is -4.28. The predicted molar refractivity (Wildman–Crippen MR) is 85.8 cm³/mol. The molecule has 0 radical (unpaired) electrons. The molecule has 1 aromatic heterocycles. The first-order valence-corrected chi connectivity index (χ1v) is 9.66. The van der Waals surface area contributed by atoms with Gasteiger partial charge in [0.1, 0.15) is 5.69 Å². The van der Waals surface area contributed by atoms with Gasteiger partial charge in [-0.1, -0.05) is 0 Å². The van der Waals surface area contributed by atoms with Crippen molar-refractivity contribution in [3.63, 3.8) is 0 Å². The molecule has 3 heterocycles. The Hall–Kier alpha value is -2.14. The Morgan fingerprint density at radius 2 is 2.16 bits per heavy atom. The number of aromatic nitrogens is 1. The van der Waals surface area contributed by atoms with Crippen LogP contribution < -0.4 is 5.32 Å². The lowest BCUT2D eigenvalue weighted by atomic mass is 10.2. The average Bonchev–Trinajstić information content (AvgIpc) is 3.16. The van der Waals surface area contributed by atoms with Crippen molar-refractivity contribution in [3.8, 4) is 0 Å². The highest BCUT2D eigenvalue weighted by atomic mass is 32.2. The van der Waals surface area contributed by atoms with Crippen LogP contribution in [0.2, 0.25) is 0 Å². The van der Waals surface area contributed by atoms with Crippen LogP contribution in [0.5, 0.6) is 0 Å². The Kier molecular flexibility index (Phi) is 4.23. The van der Waals surface area contributed by atoms with E-state index in [-0.39, 0.29) is 16.4 Å². The van der Waals surface area contributed by atoms with E-state index >= 15 is 0 Å². The van der Waals surface area contributed by atoms with E-state index in [9.17, 15) is 26.8 Å². The second-order valence-corrected chi connectivity index (χ2v) is 8.34. The molecule has 1 saturated heterocycles. The zero-order valence-electron chi connectivity index (χ0n) is 12.9. The largest absolute Gasteiger partial charge is 0.328 e. The highest BCUT2D eigenvalue weighted by Crippen LogP contribution is 2.32. The van der Waals surface area contributed by atoms with E-state index in [0.717, 1.165) is 27.1 Å². The van der Waals surface area contributed by atoms with Gasteiger partial charge in [-0.3, -0.25) is 9.59 Å². The smallest absolute Gasteiger partial charge is 0.284 e. The zero-order valence-corrected chi connectivity index (χ0v) is 14.5. The summed E-state index contributed by atoms with van der Waals surface area (Å²) in [6, 6.07) is -0.625. The molecule has 1 fully saturated rings. The molecule has 0 spiro atoms. The molecule has 0 unspecified atom stereocenters. The van der Waals surface area contributed by atoms with Gasteiger partial charge in [-0.25, -0.2) is 22.2 Å². The minimum absolute atomic E-state index is 0.0689. The number of allylic oxidation sites excluding steroid dienone is 1. The van der Waals surface area contributed by atoms with Gasteiger partial charge in [0.25, 0.3) is 17.7 Å². The average molecular weight is 389 g/mol. The highest BCUT2D eigenvalue weighted by molar-refractivity contribution is 7.97. The van der Waals surface area contributed by atoms with Gasteiger partial charge in [-0.05, 0) is 13.0 Å². The van der Waals surface area contributed by atoms with Crippen LogP contribution in [0.1, 0.15) is 33.6 Å². The molecular weight excluding hydrogens is 376 g/mol. The third kappa shape index (κ3) is 3.76. The molecule has 1 aromatic rings. The minimum Gasteiger partial charge on any atom is -0.328 e. The summed E-state index contributed by atoms with van der Waals surface area (Å²) in [6.07, 6.45) is 0.812. The predicted octanol–water partition coefficient (Wildman–Crippen LogP) is 1.53. The Bertz CT molecular complexity index is 905. The maximum absolute atomic E-state index is 13.4. The van der Waals surface area contributed by atoms with Gasteiger partial charge in [-0.2, -0.15) is 0 Å². The third-order valence-electron chi connectivity index (χ3n) is 3.69. The van der Waals surface area contributed by atoms with Gasteiger partial charge < -0.3 is 10.2 Å². The lowest BCUT2D eigenvalue weighted by molar-refractivity contribution is 0.0117. The first-order chi connectivity index (χ1) is 11.6. The van der Waals surface area contributed by atoms with E-state index in [2.05, 4.69) is 10.3 Å². The summed E-state index contributed by atoms with van der Waals surface area (Å²) in [5, 5.41) is 5.43. The molecule has 134 valence electrons. The number of alkyl halides is 2. The number of carbonyl (C=O) groups is 2. The van der Waals surface area contributed by atoms with E-state index in [1.165, 1.54) is 18.4 Å². The molecule has 7 nitrogen and oxygen atoms in total. The maximum atomic E-state index is 13.4. The molecule has 0 aliphatic carbocycles. The second kappa shape index (κ2) is 5.99. The zero-order chi connectivity index (χ0) is 18.4. The molecule has 1 atom stereocenters. The van der Waals surface area contributed by atoms with E-state index in [1.54, 1.807) is 0 Å². The summed E-state index contributed by atoms with van der Waals surface area (Å²) in [7, 11) is -3.47. The number of nitrogens with one attached hydrogen (secondary N) is 1. The SMILES string of the molecule is C[C@H]1CC(F)(F)CN1C(=O)c1csc(C(=O)NC2=CS(=O)(=O)C=C2)n1. The van der Waals surface area contributed by atoms with E-state index in [4.69, 9.17) is 0 Å². The van der Waals surface area contributed by atoms with Gasteiger partial charge in [0.05, 0.1) is 17.6 Å². The highest BCUT2D eigenvalue weighted by Gasteiger charge is 2.45. The van der Waals surface area contributed by atoms with Crippen molar-refractivity contribution in [3.05, 3.63) is 38.7 Å². The normalized spacial score (nSPS) is 23.6. The summed E-state index contributed by atoms with van der Waals surface area (Å²) in [5.41, 5.74) is -0.0100. The molecule has 0 bridgehead atoms. The van der Waals surface area contributed by atoms with E-state index < -0.39 is 46.6 Å². The van der Waals surface area contributed by atoms with Gasteiger partial charge in [-0.15, -0.1) is 11.3 Å². The van der Waals surface area contributed by atoms with Gasteiger partial charge in [0.2, 0.25) is 0 Å². The topological polar surface area (TPSA) is 96.4 Å². The Morgan fingerprint density at radius 3 is 2.72 bits per heavy atom. The molecule has 2 amide bonds. The molecule has 2 aliphatic rings. The number of nitrogens with zero attached hydrogens (tertiary/aromatic N) is 2. The molecule has 2 aliphatic heterocycles. The number of likely N-dealkylation sites (tertiary alicyclic amines) is 1. The van der Waals surface area contributed by atoms with Crippen LogP contribution in [0.15, 0.2) is 28.0 Å². The van der Waals surface area contributed by atoms with Crippen molar-refractivity contribution in [2.45, 2.75) is 25.3 Å². The monoisotopic (exact) mass is 389 g/mol. The lowest BCUT2D eigenvalue weighted by Gasteiger charge is -2.19. The maximum Gasteiger partial charge on any atom is 0.284 e. The fraction of sp³-hybridized carbons (Fsp3) is 0.357. The summed E-state index contributed by atoms with van der Waals surface area (Å²) >= 11 is 0.870. The number of thiazole rings is 1. The van der Waals surface area contributed by atoms with Crippen LogP contribution in [0.25, 0.3) is 0 Å². The quantitative estimate of drug-likeness (QED) is 0.846. The van der Waals surface area contributed by atoms with Crippen molar-refractivity contribution in [2.75, 3.05) is 6.54 Å². The number of rotatable bonds is 3. The standard InChI is InChI=1S/C14H13F2N3O4S2/c1-8-4-14(15,16)7-19(8)13(21)10-5-24-12(18-10)11(20)17-9-2-3-25(22,23)6-9/h2-3,5-6,8H,4,7H2,1H3,(H,17,20)/t8-/m0/s1. The van der Waals surface area contributed by atoms with Gasteiger partial charge in [0, 0.05) is 23.3 Å². The van der Waals surface area contributed by atoms with Crippen molar-refractivity contribution < 1.29 is 26.8 Å². The molecular formula is C14H13F2N3O4S2. The summed E-state index contributed by atoms with van der Waals surface area (Å²) in [4.78, 5) is 29.3. The van der Waals surface area contributed by atoms with Crippen LogP contribution in [0.3, 0.4) is 0 Å². The first kappa shape index (κ1) is 17.7.